The fraction of sp³-hybridized carbons (Fsp3) is 0.133. The number of anilines is 1. The second kappa shape index (κ2) is 6.16. The lowest BCUT2D eigenvalue weighted by atomic mass is 10.1. The fourth-order valence-corrected chi connectivity index (χ4v) is 2.10. The van der Waals surface area contributed by atoms with Crippen LogP contribution in [0, 0.1) is 6.92 Å². The SMILES string of the molecule is Cc1ccc(NC(C(=O)O)c2ccc(Cl)c(Cl)c2)cc1. The Hall–Kier alpha value is -1.71. The molecule has 0 saturated carbocycles. The third kappa shape index (κ3) is 3.44. The first-order chi connectivity index (χ1) is 9.47. The molecular weight excluding hydrogens is 297 g/mol. The summed E-state index contributed by atoms with van der Waals surface area (Å²) in [6.45, 7) is 1.97. The van der Waals surface area contributed by atoms with Crippen LogP contribution in [0.4, 0.5) is 5.69 Å². The number of carboxylic acids is 1. The molecule has 3 nitrogen and oxygen atoms in total. The average Bonchev–Trinajstić information content (AvgIpc) is 2.41. The molecule has 0 saturated heterocycles. The molecule has 2 N–H and O–H groups in total. The van der Waals surface area contributed by atoms with E-state index < -0.39 is 12.0 Å². The highest BCUT2D eigenvalue weighted by Crippen LogP contribution is 2.27. The van der Waals surface area contributed by atoms with Gasteiger partial charge in [-0.05, 0) is 36.8 Å². The van der Waals surface area contributed by atoms with Crippen molar-refractivity contribution in [3.8, 4) is 0 Å². The van der Waals surface area contributed by atoms with E-state index in [0.29, 0.717) is 15.6 Å². The summed E-state index contributed by atoms with van der Waals surface area (Å²) in [6, 6.07) is 11.4. The maximum Gasteiger partial charge on any atom is 0.330 e. The van der Waals surface area contributed by atoms with E-state index in [0.717, 1.165) is 11.3 Å². The van der Waals surface area contributed by atoms with Crippen molar-refractivity contribution in [2.45, 2.75) is 13.0 Å². The van der Waals surface area contributed by atoms with Crippen LogP contribution in [0.1, 0.15) is 17.2 Å². The third-order valence-electron chi connectivity index (χ3n) is 2.89. The number of carboxylic acid groups (broad SMARTS) is 1. The van der Waals surface area contributed by atoms with Gasteiger partial charge in [-0.15, -0.1) is 0 Å². The third-order valence-corrected chi connectivity index (χ3v) is 3.63. The number of aliphatic carboxylic acids is 1. The number of carbonyl (C=O) groups is 1. The van der Waals surface area contributed by atoms with E-state index in [-0.39, 0.29) is 0 Å². The van der Waals surface area contributed by atoms with Gasteiger partial charge in [-0.2, -0.15) is 0 Å². The lowest BCUT2D eigenvalue weighted by Crippen LogP contribution is -2.20. The summed E-state index contributed by atoms with van der Waals surface area (Å²) in [5.74, 6) is -0.982. The van der Waals surface area contributed by atoms with Crippen LogP contribution in [0.2, 0.25) is 10.0 Å². The van der Waals surface area contributed by atoms with E-state index in [2.05, 4.69) is 5.32 Å². The molecule has 104 valence electrons. The Bertz CT molecular complexity index is 626. The Balaban J connectivity index is 2.29. The van der Waals surface area contributed by atoms with Crippen molar-refractivity contribution in [1.82, 2.24) is 0 Å². The van der Waals surface area contributed by atoms with Gasteiger partial charge < -0.3 is 10.4 Å². The van der Waals surface area contributed by atoms with Crippen LogP contribution in [0.3, 0.4) is 0 Å². The van der Waals surface area contributed by atoms with Gasteiger partial charge in [0.15, 0.2) is 6.04 Å². The van der Waals surface area contributed by atoms with Gasteiger partial charge in [0.05, 0.1) is 10.0 Å². The molecule has 5 heteroatoms. The number of nitrogens with one attached hydrogen (secondary N) is 1. The lowest BCUT2D eigenvalue weighted by Gasteiger charge is -2.17. The summed E-state index contributed by atoms with van der Waals surface area (Å²) >= 11 is 11.8. The van der Waals surface area contributed by atoms with Gasteiger partial charge in [0.1, 0.15) is 0 Å². The van der Waals surface area contributed by atoms with Crippen LogP contribution >= 0.6 is 23.2 Å². The highest BCUT2D eigenvalue weighted by molar-refractivity contribution is 6.42. The van der Waals surface area contributed by atoms with E-state index >= 15 is 0 Å². The minimum atomic E-state index is -0.982. The molecule has 0 amide bonds. The van der Waals surface area contributed by atoms with E-state index in [1.807, 2.05) is 31.2 Å². The zero-order valence-electron chi connectivity index (χ0n) is 10.7. The molecule has 2 aromatic carbocycles. The van der Waals surface area contributed by atoms with Gasteiger partial charge in [-0.25, -0.2) is 4.79 Å². The normalized spacial score (nSPS) is 11.9. The summed E-state index contributed by atoms with van der Waals surface area (Å²) in [4.78, 5) is 11.4. The van der Waals surface area contributed by atoms with Crippen LogP contribution in [0.25, 0.3) is 0 Å². The minimum absolute atomic E-state index is 0.334. The molecule has 0 aliphatic rings. The predicted molar refractivity (Wildman–Crippen MR) is 81.6 cm³/mol. The molecular formula is C15H13Cl2NO2. The second-order valence-electron chi connectivity index (χ2n) is 4.46. The molecule has 2 rings (SSSR count). The van der Waals surface area contributed by atoms with Crippen molar-refractivity contribution >= 4 is 34.9 Å². The van der Waals surface area contributed by atoms with Gasteiger partial charge in [0.25, 0.3) is 0 Å². The first-order valence-corrected chi connectivity index (χ1v) is 6.74. The highest BCUT2D eigenvalue weighted by atomic mass is 35.5. The minimum Gasteiger partial charge on any atom is -0.479 e. The van der Waals surface area contributed by atoms with Crippen molar-refractivity contribution < 1.29 is 9.90 Å². The first kappa shape index (κ1) is 14.7. The van der Waals surface area contributed by atoms with E-state index in [4.69, 9.17) is 23.2 Å². The van der Waals surface area contributed by atoms with Crippen molar-refractivity contribution in [2.75, 3.05) is 5.32 Å². The van der Waals surface area contributed by atoms with Crippen LogP contribution in [-0.4, -0.2) is 11.1 Å². The summed E-state index contributed by atoms with van der Waals surface area (Å²) < 4.78 is 0. The quantitative estimate of drug-likeness (QED) is 0.871. The molecule has 0 aliphatic heterocycles. The second-order valence-corrected chi connectivity index (χ2v) is 5.27. The van der Waals surface area contributed by atoms with Crippen LogP contribution in [0.5, 0.6) is 0 Å². The smallest absolute Gasteiger partial charge is 0.330 e. The van der Waals surface area contributed by atoms with Crippen molar-refractivity contribution in [3.63, 3.8) is 0 Å². The maximum atomic E-state index is 11.4. The largest absolute Gasteiger partial charge is 0.479 e. The summed E-state index contributed by atoms with van der Waals surface area (Å²) in [6.07, 6.45) is 0. The lowest BCUT2D eigenvalue weighted by molar-refractivity contribution is -0.138. The first-order valence-electron chi connectivity index (χ1n) is 5.98. The Morgan fingerprint density at radius 2 is 1.75 bits per heavy atom. The number of rotatable bonds is 4. The van der Waals surface area contributed by atoms with E-state index in [9.17, 15) is 9.90 Å². The molecule has 1 unspecified atom stereocenters. The monoisotopic (exact) mass is 309 g/mol. The number of hydrogen-bond acceptors (Lipinski definition) is 2. The average molecular weight is 310 g/mol. The Labute approximate surface area is 127 Å². The topological polar surface area (TPSA) is 49.3 Å². The number of aryl methyl sites for hydroxylation is 1. The van der Waals surface area contributed by atoms with Crippen molar-refractivity contribution in [3.05, 3.63) is 63.6 Å². The van der Waals surface area contributed by atoms with Crippen LogP contribution in [-0.2, 0) is 4.79 Å². The molecule has 0 heterocycles. The number of hydrogen-bond donors (Lipinski definition) is 2. The van der Waals surface area contributed by atoms with Gasteiger partial charge in [0, 0.05) is 5.69 Å². The molecule has 0 radical (unpaired) electrons. The summed E-state index contributed by atoms with van der Waals surface area (Å²) in [5.41, 5.74) is 2.39. The Morgan fingerprint density at radius 1 is 1.10 bits per heavy atom. The van der Waals surface area contributed by atoms with Crippen molar-refractivity contribution in [2.24, 2.45) is 0 Å². The predicted octanol–water partition coefficient (Wildman–Crippen LogP) is 4.54. The van der Waals surface area contributed by atoms with Crippen LogP contribution in [0.15, 0.2) is 42.5 Å². The number of halogens is 2. The molecule has 2 aromatic rings. The zero-order valence-corrected chi connectivity index (χ0v) is 12.2. The molecule has 1 atom stereocenters. The highest BCUT2D eigenvalue weighted by Gasteiger charge is 2.20. The van der Waals surface area contributed by atoms with Gasteiger partial charge in [-0.1, -0.05) is 47.0 Å². The molecule has 0 spiro atoms. The Kier molecular flexibility index (Phi) is 4.53. The van der Waals surface area contributed by atoms with Gasteiger partial charge in [-0.3, -0.25) is 0 Å². The van der Waals surface area contributed by atoms with E-state index in [1.165, 1.54) is 0 Å². The molecule has 0 bridgehead atoms. The van der Waals surface area contributed by atoms with E-state index in [1.54, 1.807) is 18.2 Å². The molecule has 20 heavy (non-hydrogen) atoms. The van der Waals surface area contributed by atoms with Gasteiger partial charge in [0.2, 0.25) is 0 Å². The Morgan fingerprint density at radius 3 is 2.30 bits per heavy atom. The summed E-state index contributed by atoms with van der Waals surface area (Å²) in [7, 11) is 0. The standard InChI is InChI=1S/C15H13Cl2NO2/c1-9-2-5-11(6-3-9)18-14(15(19)20)10-4-7-12(16)13(17)8-10/h2-8,14,18H,1H3,(H,19,20). The fourth-order valence-electron chi connectivity index (χ4n) is 1.80. The van der Waals surface area contributed by atoms with Gasteiger partial charge >= 0.3 is 5.97 Å². The zero-order chi connectivity index (χ0) is 14.7. The molecule has 0 aromatic heterocycles. The molecule has 0 aliphatic carbocycles. The van der Waals surface area contributed by atoms with Crippen LogP contribution < -0.4 is 5.32 Å². The maximum absolute atomic E-state index is 11.4. The van der Waals surface area contributed by atoms with Crippen molar-refractivity contribution in [1.29, 1.82) is 0 Å². The number of benzene rings is 2. The molecule has 0 fully saturated rings. The summed E-state index contributed by atoms with van der Waals surface area (Å²) in [5, 5.41) is 13.1.